The van der Waals surface area contributed by atoms with Gasteiger partial charge in [-0.05, 0) is 26.3 Å². The summed E-state index contributed by atoms with van der Waals surface area (Å²) in [6.45, 7) is 9.36. The summed E-state index contributed by atoms with van der Waals surface area (Å²) >= 11 is 1.63. The molecule has 3 heterocycles. The third kappa shape index (κ3) is 3.81. The molecule has 140 valence electrons. The minimum Gasteiger partial charge on any atom is -0.462 e. The maximum absolute atomic E-state index is 12.7. The number of hydrogen-bond acceptors (Lipinski definition) is 7. The van der Waals surface area contributed by atoms with Gasteiger partial charge in [-0.2, -0.15) is 0 Å². The zero-order chi connectivity index (χ0) is 18.7. The highest BCUT2D eigenvalue weighted by Crippen LogP contribution is 2.21. The molecule has 0 atom stereocenters. The molecule has 0 unspecified atom stereocenters. The Morgan fingerprint density at radius 3 is 2.62 bits per heavy atom. The van der Waals surface area contributed by atoms with E-state index in [0.717, 1.165) is 31.3 Å². The average molecular weight is 376 g/mol. The first kappa shape index (κ1) is 18.6. The van der Waals surface area contributed by atoms with Gasteiger partial charge in [0.25, 0.3) is 0 Å². The number of carbonyl (C=O) groups is 2. The molecular formula is C18H24N4O3S. The van der Waals surface area contributed by atoms with E-state index in [1.807, 2.05) is 11.6 Å². The molecule has 0 amide bonds. The van der Waals surface area contributed by atoms with Crippen LogP contribution in [0, 0.1) is 13.8 Å². The third-order valence-corrected chi connectivity index (χ3v) is 5.46. The Morgan fingerprint density at radius 1 is 1.27 bits per heavy atom. The van der Waals surface area contributed by atoms with Crippen molar-refractivity contribution >= 4 is 28.2 Å². The normalized spacial score (nSPS) is 15.3. The van der Waals surface area contributed by atoms with Crippen molar-refractivity contribution in [2.75, 3.05) is 44.2 Å². The number of carbonyl (C=O) groups excluding carboxylic acids is 2. The smallest absolute Gasteiger partial charge is 0.340 e. The van der Waals surface area contributed by atoms with Crippen molar-refractivity contribution in [3.8, 4) is 0 Å². The maximum atomic E-state index is 12.7. The van der Waals surface area contributed by atoms with Gasteiger partial charge >= 0.3 is 5.97 Å². The Kier molecular flexibility index (Phi) is 5.73. The Labute approximate surface area is 157 Å². The van der Waals surface area contributed by atoms with Gasteiger partial charge in [-0.1, -0.05) is 0 Å². The lowest BCUT2D eigenvalue weighted by Crippen LogP contribution is -2.48. The fourth-order valence-corrected chi connectivity index (χ4v) is 3.99. The highest BCUT2D eigenvalue weighted by Gasteiger charge is 2.25. The fraction of sp³-hybridized carbons (Fsp3) is 0.500. The largest absolute Gasteiger partial charge is 0.462 e. The quantitative estimate of drug-likeness (QED) is 0.615. The van der Waals surface area contributed by atoms with Crippen LogP contribution in [0.2, 0.25) is 0 Å². The van der Waals surface area contributed by atoms with Crippen LogP contribution in [-0.2, 0) is 4.74 Å². The third-order valence-electron chi connectivity index (χ3n) is 4.63. The van der Waals surface area contributed by atoms with Gasteiger partial charge in [0.15, 0.2) is 10.9 Å². The predicted molar refractivity (Wildman–Crippen MR) is 101 cm³/mol. The molecule has 1 N–H and O–H groups in total. The number of ether oxygens (including phenoxy) is 1. The number of ketones is 1. The van der Waals surface area contributed by atoms with Crippen LogP contribution < -0.4 is 4.90 Å². The molecule has 0 radical (unpaired) electrons. The summed E-state index contributed by atoms with van der Waals surface area (Å²) in [5.41, 5.74) is 2.34. The summed E-state index contributed by atoms with van der Waals surface area (Å²) < 4.78 is 5.09. The summed E-state index contributed by atoms with van der Waals surface area (Å²) in [5.74, 6) is -0.376. The molecule has 0 saturated carbocycles. The Hall–Kier alpha value is -2.19. The molecule has 0 bridgehead atoms. The molecule has 8 heteroatoms. The number of hydrogen-bond donors (Lipinski definition) is 1. The standard InChI is InChI=1S/C18H24N4O3S/c1-4-25-17(24)15-12(2)16(20-13(15)3)14(23)11-21-6-8-22(9-7-21)18-19-5-10-26-18/h5,10,20H,4,6-9,11H2,1-3H3. The molecule has 1 aliphatic heterocycles. The van der Waals surface area contributed by atoms with Crippen LogP contribution in [0.15, 0.2) is 11.6 Å². The average Bonchev–Trinajstić information content (AvgIpc) is 3.24. The van der Waals surface area contributed by atoms with E-state index in [0.29, 0.717) is 35.7 Å². The number of aromatic nitrogens is 2. The second-order valence-corrected chi connectivity index (χ2v) is 7.22. The number of Topliss-reactive ketones (excluding diaryl/α,β-unsaturated/α-hetero) is 1. The molecule has 7 nitrogen and oxygen atoms in total. The zero-order valence-electron chi connectivity index (χ0n) is 15.4. The second-order valence-electron chi connectivity index (χ2n) is 6.35. The number of anilines is 1. The SMILES string of the molecule is CCOC(=O)c1c(C)[nH]c(C(=O)CN2CCN(c3nccs3)CC2)c1C. The van der Waals surface area contributed by atoms with Crippen LogP contribution in [0.3, 0.4) is 0 Å². The fourth-order valence-electron chi connectivity index (χ4n) is 3.29. The van der Waals surface area contributed by atoms with Crippen molar-refractivity contribution in [2.24, 2.45) is 0 Å². The second kappa shape index (κ2) is 8.01. The van der Waals surface area contributed by atoms with E-state index >= 15 is 0 Å². The van der Waals surface area contributed by atoms with E-state index in [1.165, 1.54) is 0 Å². The summed E-state index contributed by atoms with van der Waals surface area (Å²) in [4.78, 5) is 36.6. The first-order valence-electron chi connectivity index (χ1n) is 8.77. The summed E-state index contributed by atoms with van der Waals surface area (Å²) in [7, 11) is 0. The lowest BCUT2D eigenvalue weighted by molar-refractivity contribution is 0.0525. The Morgan fingerprint density at radius 2 is 2.00 bits per heavy atom. The number of nitrogens with zero attached hydrogens (tertiary/aromatic N) is 3. The van der Waals surface area contributed by atoms with Gasteiger partial charge in [-0.15, -0.1) is 11.3 Å². The van der Waals surface area contributed by atoms with Crippen molar-refractivity contribution < 1.29 is 14.3 Å². The molecule has 0 aromatic carbocycles. The number of aryl methyl sites for hydroxylation is 1. The molecule has 1 fully saturated rings. The molecule has 1 aliphatic rings. The minimum atomic E-state index is -0.380. The molecule has 26 heavy (non-hydrogen) atoms. The Bertz CT molecular complexity index is 777. The van der Waals surface area contributed by atoms with Gasteiger partial charge in [0.1, 0.15) is 0 Å². The lowest BCUT2D eigenvalue weighted by Gasteiger charge is -2.34. The molecule has 3 rings (SSSR count). The number of nitrogens with one attached hydrogen (secondary N) is 1. The van der Waals surface area contributed by atoms with E-state index in [1.54, 1.807) is 32.1 Å². The number of aromatic amines is 1. The van der Waals surface area contributed by atoms with E-state index < -0.39 is 0 Å². The minimum absolute atomic E-state index is 0.00356. The van der Waals surface area contributed by atoms with Crippen LogP contribution in [0.25, 0.3) is 0 Å². The van der Waals surface area contributed by atoms with E-state index in [-0.39, 0.29) is 11.8 Å². The maximum Gasteiger partial charge on any atom is 0.340 e. The first-order chi connectivity index (χ1) is 12.5. The molecular weight excluding hydrogens is 352 g/mol. The molecule has 2 aromatic rings. The topological polar surface area (TPSA) is 78.5 Å². The van der Waals surface area contributed by atoms with Crippen LogP contribution in [0.1, 0.15) is 39.0 Å². The van der Waals surface area contributed by atoms with E-state index in [4.69, 9.17) is 4.74 Å². The molecule has 1 saturated heterocycles. The number of rotatable bonds is 6. The summed E-state index contributed by atoms with van der Waals surface area (Å²) in [6.07, 6.45) is 1.81. The van der Waals surface area contributed by atoms with Crippen molar-refractivity contribution in [3.63, 3.8) is 0 Å². The highest BCUT2D eigenvalue weighted by atomic mass is 32.1. The molecule has 2 aromatic heterocycles. The van der Waals surface area contributed by atoms with Crippen LogP contribution in [0.5, 0.6) is 0 Å². The van der Waals surface area contributed by atoms with Crippen molar-refractivity contribution in [1.82, 2.24) is 14.9 Å². The van der Waals surface area contributed by atoms with Gasteiger partial charge in [0, 0.05) is 43.4 Å². The van der Waals surface area contributed by atoms with Crippen molar-refractivity contribution in [2.45, 2.75) is 20.8 Å². The van der Waals surface area contributed by atoms with Gasteiger partial charge in [0.2, 0.25) is 0 Å². The van der Waals surface area contributed by atoms with Gasteiger partial charge in [-0.25, -0.2) is 9.78 Å². The predicted octanol–water partition coefficient (Wildman–Crippen LogP) is 2.27. The lowest BCUT2D eigenvalue weighted by atomic mass is 10.1. The highest BCUT2D eigenvalue weighted by molar-refractivity contribution is 7.13. The van der Waals surface area contributed by atoms with E-state index in [2.05, 4.69) is 19.8 Å². The van der Waals surface area contributed by atoms with Crippen LogP contribution in [-0.4, -0.2) is 66.0 Å². The van der Waals surface area contributed by atoms with E-state index in [9.17, 15) is 9.59 Å². The number of thiazole rings is 1. The summed E-state index contributed by atoms with van der Waals surface area (Å²) in [5, 5.41) is 3.01. The number of H-pyrrole nitrogens is 1. The first-order valence-corrected chi connectivity index (χ1v) is 9.65. The van der Waals surface area contributed by atoms with Gasteiger partial charge in [-0.3, -0.25) is 9.69 Å². The Balaban J connectivity index is 1.62. The van der Waals surface area contributed by atoms with Crippen LogP contribution >= 0.6 is 11.3 Å². The summed E-state index contributed by atoms with van der Waals surface area (Å²) in [6, 6.07) is 0. The number of piperazine rings is 1. The van der Waals surface area contributed by atoms with Crippen molar-refractivity contribution in [1.29, 1.82) is 0 Å². The molecule has 0 spiro atoms. The molecule has 0 aliphatic carbocycles. The number of esters is 1. The zero-order valence-corrected chi connectivity index (χ0v) is 16.2. The van der Waals surface area contributed by atoms with Gasteiger partial charge < -0.3 is 14.6 Å². The van der Waals surface area contributed by atoms with Crippen LogP contribution in [0.4, 0.5) is 5.13 Å². The van der Waals surface area contributed by atoms with Crippen molar-refractivity contribution in [3.05, 3.63) is 34.1 Å². The van der Waals surface area contributed by atoms with Gasteiger partial charge in [0.05, 0.1) is 24.4 Å². The monoisotopic (exact) mass is 376 g/mol.